The van der Waals surface area contributed by atoms with Crippen LogP contribution in [0.5, 0.6) is 0 Å². The van der Waals surface area contributed by atoms with Crippen molar-refractivity contribution in [2.24, 2.45) is 17.1 Å². The maximum absolute atomic E-state index is 15.5. The summed E-state index contributed by atoms with van der Waals surface area (Å²) < 4.78 is 36.3. The fourth-order valence-electron chi connectivity index (χ4n) is 4.42. The Morgan fingerprint density at radius 3 is 1.85 bits per heavy atom. The summed E-state index contributed by atoms with van der Waals surface area (Å²) in [7, 11) is 0. The summed E-state index contributed by atoms with van der Waals surface area (Å²) in [4.78, 5) is 40.0. The van der Waals surface area contributed by atoms with Gasteiger partial charge < -0.3 is 15.8 Å². The van der Waals surface area contributed by atoms with Gasteiger partial charge >= 0.3 is 12.0 Å². The summed E-state index contributed by atoms with van der Waals surface area (Å²) in [5, 5.41) is 2.53. The van der Waals surface area contributed by atoms with Gasteiger partial charge in [0.25, 0.3) is 0 Å². The predicted octanol–water partition coefficient (Wildman–Crippen LogP) is 6.05. The van der Waals surface area contributed by atoms with Crippen LogP contribution in [-0.4, -0.2) is 29.6 Å². The summed E-state index contributed by atoms with van der Waals surface area (Å²) >= 11 is 0. The number of nitrogens with one attached hydrogen (secondary N) is 1. The molecule has 8 heteroatoms. The Bertz CT molecular complexity index is 1260. The highest BCUT2D eigenvalue weighted by atomic mass is 19.3. The molecule has 0 aliphatic rings. The molecule has 0 heterocycles. The van der Waals surface area contributed by atoms with Crippen molar-refractivity contribution >= 4 is 17.7 Å². The first kappa shape index (κ1) is 30.6. The molecule has 0 radical (unpaired) electrons. The number of halogens is 2. The highest BCUT2D eigenvalue weighted by Crippen LogP contribution is 2.33. The number of ether oxygens (including phenoxy) is 1. The first-order valence-corrected chi connectivity index (χ1v) is 13.2. The van der Waals surface area contributed by atoms with E-state index in [4.69, 9.17) is 10.5 Å². The molecular weight excluding hydrogens is 514 g/mol. The van der Waals surface area contributed by atoms with Gasteiger partial charge in [0.2, 0.25) is 5.78 Å². The summed E-state index contributed by atoms with van der Waals surface area (Å²) in [5.41, 5.74) is 6.86. The monoisotopic (exact) mass is 550 g/mol. The third-order valence-corrected chi connectivity index (χ3v) is 6.63. The van der Waals surface area contributed by atoms with E-state index >= 15 is 8.78 Å². The van der Waals surface area contributed by atoms with Gasteiger partial charge in [-0.3, -0.25) is 9.59 Å². The summed E-state index contributed by atoms with van der Waals surface area (Å²) in [6.45, 7) is 5.00. The zero-order valence-electron chi connectivity index (χ0n) is 23.0. The Kier molecular flexibility index (Phi) is 10.3. The van der Waals surface area contributed by atoms with Crippen LogP contribution in [0.25, 0.3) is 0 Å². The summed E-state index contributed by atoms with van der Waals surface area (Å²) in [6.07, 6.45) is -2.09. The molecule has 0 bridgehead atoms. The van der Waals surface area contributed by atoms with E-state index in [1.165, 1.54) is 0 Å². The maximum atomic E-state index is 15.5. The topological polar surface area (TPSA) is 98.5 Å². The zero-order valence-corrected chi connectivity index (χ0v) is 23.0. The maximum Gasteiger partial charge on any atom is 0.408 e. The average molecular weight is 551 g/mol. The smallest absolute Gasteiger partial charge is 0.408 e. The summed E-state index contributed by atoms with van der Waals surface area (Å²) in [5.74, 6) is -7.95. The quantitative estimate of drug-likeness (QED) is 0.268. The molecule has 3 rings (SSSR count). The van der Waals surface area contributed by atoms with Gasteiger partial charge in [0.1, 0.15) is 6.61 Å². The lowest BCUT2D eigenvalue weighted by molar-refractivity contribution is -0.153. The molecule has 1 amide bonds. The first-order valence-electron chi connectivity index (χ1n) is 13.2. The molecule has 40 heavy (non-hydrogen) atoms. The number of nitrogens with two attached hydrogens (primary N) is 1. The van der Waals surface area contributed by atoms with E-state index in [2.05, 4.69) is 5.32 Å². The van der Waals surface area contributed by atoms with Gasteiger partial charge in [-0.05, 0) is 28.5 Å². The van der Waals surface area contributed by atoms with Gasteiger partial charge in [-0.25, -0.2) is 4.79 Å². The van der Waals surface area contributed by atoms with Crippen molar-refractivity contribution in [3.8, 4) is 0 Å². The van der Waals surface area contributed by atoms with E-state index in [1.807, 2.05) is 6.07 Å². The number of amides is 1. The highest BCUT2D eigenvalue weighted by molar-refractivity contribution is 6.08. The van der Waals surface area contributed by atoms with Crippen LogP contribution in [0.2, 0.25) is 0 Å². The van der Waals surface area contributed by atoms with Gasteiger partial charge in [-0.1, -0.05) is 112 Å². The molecule has 6 nitrogen and oxygen atoms in total. The number of alkyl halides is 2. The predicted molar refractivity (Wildman–Crippen MR) is 150 cm³/mol. The molecule has 3 N–H and O–H groups in total. The minimum absolute atomic E-state index is 0.0421. The highest BCUT2D eigenvalue weighted by Gasteiger charge is 2.49. The van der Waals surface area contributed by atoms with Crippen molar-refractivity contribution in [1.29, 1.82) is 0 Å². The molecule has 3 aromatic rings. The molecule has 0 saturated heterocycles. The van der Waals surface area contributed by atoms with Crippen LogP contribution in [0.15, 0.2) is 91.0 Å². The molecule has 3 atom stereocenters. The van der Waals surface area contributed by atoms with Gasteiger partial charge in [0.05, 0.1) is 12.0 Å². The van der Waals surface area contributed by atoms with Crippen molar-refractivity contribution in [3.63, 3.8) is 0 Å². The lowest BCUT2D eigenvalue weighted by atomic mass is 9.76. The number of hydrogen-bond donors (Lipinski definition) is 2. The van der Waals surface area contributed by atoms with Crippen LogP contribution < -0.4 is 11.1 Å². The Hall–Kier alpha value is -3.91. The number of alkyl carbamates (subject to hydrolysis) is 1. The van der Waals surface area contributed by atoms with Crippen molar-refractivity contribution < 1.29 is 27.9 Å². The molecule has 0 fully saturated rings. The fraction of sp³-hybridized carbons (Fsp3) is 0.344. The van der Waals surface area contributed by atoms with Crippen molar-refractivity contribution in [2.45, 2.75) is 58.2 Å². The molecule has 0 aromatic heterocycles. The minimum Gasteiger partial charge on any atom is -0.445 e. The molecule has 1 unspecified atom stereocenters. The first-order chi connectivity index (χ1) is 18.9. The van der Waals surface area contributed by atoms with Gasteiger partial charge in [-0.2, -0.15) is 8.78 Å². The van der Waals surface area contributed by atoms with Crippen LogP contribution in [0.4, 0.5) is 13.6 Å². The third-order valence-electron chi connectivity index (χ3n) is 6.63. The van der Waals surface area contributed by atoms with Crippen LogP contribution >= 0.6 is 0 Å². The van der Waals surface area contributed by atoms with Crippen LogP contribution in [0, 0.1) is 11.3 Å². The third kappa shape index (κ3) is 8.55. The SMILES string of the molecule is CC(C)(C)[C@H](NC(=O)OCc1ccccc1)C(=O)[C@H](Cc1ccccc1)C(=O)C(F)(F)CC(N)c1ccccc1. The number of benzene rings is 3. The number of Topliss-reactive ketones (excluding diaryl/α,β-unsaturated/α-hetero) is 2. The van der Waals surface area contributed by atoms with Crippen molar-refractivity contribution in [1.82, 2.24) is 5.32 Å². The minimum atomic E-state index is -3.89. The second kappa shape index (κ2) is 13.4. The largest absolute Gasteiger partial charge is 0.445 e. The Morgan fingerprint density at radius 2 is 1.32 bits per heavy atom. The van der Waals surface area contributed by atoms with E-state index in [-0.39, 0.29) is 13.0 Å². The average Bonchev–Trinajstić information content (AvgIpc) is 2.93. The van der Waals surface area contributed by atoms with E-state index in [1.54, 1.807) is 106 Å². The molecule has 212 valence electrons. The molecule has 0 saturated carbocycles. The Balaban J connectivity index is 1.85. The number of ketones is 2. The molecular formula is C32H36F2N2O4. The van der Waals surface area contributed by atoms with E-state index in [9.17, 15) is 14.4 Å². The normalized spacial score (nSPS) is 14.1. The Morgan fingerprint density at radius 1 is 0.825 bits per heavy atom. The van der Waals surface area contributed by atoms with Crippen LogP contribution in [0.3, 0.4) is 0 Å². The second-order valence-electron chi connectivity index (χ2n) is 10.9. The summed E-state index contributed by atoms with van der Waals surface area (Å²) in [6, 6.07) is 23.3. The zero-order chi connectivity index (χ0) is 29.3. The molecule has 0 spiro atoms. The van der Waals surface area contributed by atoms with Crippen molar-refractivity contribution in [2.75, 3.05) is 0 Å². The van der Waals surface area contributed by atoms with Crippen molar-refractivity contribution in [3.05, 3.63) is 108 Å². The standard InChI is InChI=1S/C32H36F2N2O4/c1-31(2,3)28(36-30(39)40-21-23-15-9-5-10-16-23)27(37)25(19-22-13-7-4-8-14-22)29(38)32(33,34)20-26(35)24-17-11-6-12-18-24/h4-18,25-26,28H,19-21,35H2,1-3H3,(H,36,39)/t25-,26?,28+/m0/s1. The van der Waals surface area contributed by atoms with Crippen LogP contribution in [-0.2, 0) is 27.4 Å². The number of carbonyl (C=O) groups is 3. The van der Waals surface area contributed by atoms with Gasteiger partial charge in [0.15, 0.2) is 5.78 Å². The number of rotatable bonds is 12. The second-order valence-corrected chi connectivity index (χ2v) is 10.9. The van der Waals surface area contributed by atoms with E-state index in [0.717, 1.165) is 5.56 Å². The molecule has 3 aromatic carbocycles. The van der Waals surface area contributed by atoms with Gasteiger partial charge in [0, 0.05) is 12.5 Å². The van der Waals surface area contributed by atoms with E-state index in [0.29, 0.717) is 11.1 Å². The number of carbonyl (C=O) groups excluding carboxylic acids is 3. The lowest BCUT2D eigenvalue weighted by Gasteiger charge is -2.33. The van der Waals surface area contributed by atoms with Crippen LogP contribution in [0.1, 0.15) is 49.9 Å². The van der Waals surface area contributed by atoms with E-state index < -0.39 is 53.4 Å². The van der Waals surface area contributed by atoms with Gasteiger partial charge in [-0.15, -0.1) is 0 Å². The Labute approximate surface area is 233 Å². The fourth-order valence-corrected chi connectivity index (χ4v) is 4.42. The lowest BCUT2D eigenvalue weighted by Crippen LogP contribution is -2.54. The molecule has 0 aliphatic heterocycles. The molecule has 0 aliphatic carbocycles. The number of hydrogen-bond acceptors (Lipinski definition) is 5.